The lowest BCUT2D eigenvalue weighted by Crippen LogP contribution is -2.02. The number of methoxy groups -OCH3 is 1. The molecular weight excluding hydrogens is 308 g/mol. The van der Waals surface area contributed by atoms with Crippen molar-refractivity contribution in [2.75, 3.05) is 12.4 Å². The van der Waals surface area contributed by atoms with E-state index in [9.17, 15) is 0 Å². The number of nitriles is 2. The third-order valence-electron chi connectivity index (χ3n) is 3.40. The summed E-state index contributed by atoms with van der Waals surface area (Å²) < 4.78 is 5.93. The Morgan fingerprint density at radius 3 is 2.65 bits per heavy atom. The number of hydrogen-bond donors (Lipinski definition) is 1. The van der Waals surface area contributed by atoms with E-state index in [1.165, 1.54) is 17.5 Å². The average Bonchev–Trinajstić information content (AvgIpc) is 3.04. The van der Waals surface area contributed by atoms with Gasteiger partial charge in [-0.05, 0) is 23.8 Å². The lowest BCUT2D eigenvalue weighted by molar-refractivity contribution is 0.414. The molecule has 0 fully saturated rings. The van der Waals surface area contributed by atoms with E-state index >= 15 is 0 Å². The third-order valence-corrected chi connectivity index (χ3v) is 4.48. The highest BCUT2D eigenvalue weighted by Gasteiger charge is 2.11. The smallest absolute Gasteiger partial charge is 0.135 e. The second-order valence-corrected chi connectivity index (χ2v) is 5.85. The molecule has 0 bridgehead atoms. The number of ether oxygens (including phenoxy) is 1. The van der Waals surface area contributed by atoms with E-state index < -0.39 is 0 Å². The number of pyridine rings is 1. The van der Waals surface area contributed by atoms with Crippen LogP contribution >= 0.6 is 11.3 Å². The van der Waals surface area contributed by atoms with Gasteiger partial charge in [-0.15, -0.1) is 11.3 Å². The van der Waals surface area contributed by atoms with Crippen LogP contribution in [-0.4, -0.2) is 12.1 Å². The summed E-state index contributed by atoms with van der Waals surface area (Å²) in [6.45, 7) is 0.593. The van der Waals surface area contributed by atoms with Crippen LogP contribution in [-0.2, 0) is 6.54 Å². The highest BCUT2D eigenvalue weighted by Crippen LogP contribution is 2.32. The minimum absolute atomic E-state index is 0.487. The molecule has 2 heterocycles. The second-order valence-electron chi connectivity index (χ2n) is 4.80. The molecule has 2 aromatic heterocycles. The highest BCUT2D eigenvalue weighted by molar-refractivity contribution is 7.19. The summed E-state index contributed by atoms with van der Waals surface area (Å²) >= 11 is 1.31. The number of aromatic nitrogens is 1. The van der Waals surface area contributed by atoms with E-state index in [0.29, 0.717) is 22.8 Å². The zero-order valence-corrected chi connectivity index (χ0v) is 13.1. The van der Waals surface area contributed by atoms with Crippen LogP contribution in [0.3, 0.4) is 0 Å². The predicted octanol–water partition coefficient (Wildman–Crippen LogP) is 3.66. The predicted molar refractivity (Wildman–Crippen MR) is 89.4 cm³/mol. The number of rotatable bonds is 4. The number of thiophene rings is 1. The second kappa shape index (κ2) is 6.35. The van der Waals surface area contributed by atoms with E-state index in [0.717, 1.165) is 21.4 Å². The van der Waals surface area contributed by atoms with Gasteiger partial charge < -0.3 is 10.1 Å². The van der Waals surface area contributed by atoms with Crippen molar-refractivity contribution in [3.05, 3.63) is 52.5 Å². The van der Waals surface area contributed by atoms with Gasteiger partial charge in [0.1, 0.15) is 28.6 Å². The van der Waals surface area contributed by atoms with Gasteiger partial charge in [0, 0.05) is 18.1 Å². The number of nitrogens with zero attached hydrogens (tertiary/aromatic N) is 3. The number of nitrogens with one attached hydrogen (secondary N) is 1. The van der Waals surface area contributed by atoms with Gasteiger partial charge in [0.15, 0.2) is 0 Å². The average molecular weight is 320 g/mol. The van der Waals surface area contributed by atoms with E-state index in [-0.39, 0.29) is 0 Å². The quantitative estimate of drug-likeness (QED) is 0.793. The van der Waals surface area contributed by atoms with Crippen LogP contribution in [0.25, 0.3) is 10.1 Å². The van der Waals surface area contributed by atoms with Gasteiger partial charge in [-0.1, -0.05) is 12.1 Å². The molecule has 0 aliphatic carbocycles. The van der Waals surface area contributed by atoms with Crippen LogP contribution < -0.4 is 10.1 Å². The van der Waals surface area contributed by atoms with Gasteiger partial charge in [-0.2, -0.15) is 10.5 Å². The van der Waals surface area contributed by atoms with Crippen LogP contribution in [0, 0.1) is 22.7 Å². The Hall–Kier alpha value is -3.09. The first-order valence-corrected chi connectivity index (χ1v) is 7.66. The highest BCUT2D eigenvalue weighted by atomic mass is 32.1. The third kappa shape index (κ3) is 2.94. The molecule has 0 saturated heterocycles. The van der Waals surface area contributed by atoms with Crippen molar-refractivity contribution in [2.24, 2.45) is 0 Å². The van der Waals surface area contributed by atoms with E-state index in [2.05, 4.69) is 22.4 Å². The first-order valence-electron chi connectivity index (χ1n) is 6.84. The van der Waals surface area contributed by atoms with Gasteiger partial charge in [0.05, 0.1) is 17.4 Å². The topological polar surface area (TPSA) is 81.7 Å². The molecule has 3 aromatic rings. The fraction of sp³-hybridized carbons (Fsp3) is 0.118. The summed E-state index contributed by atoms with van der Waals surface area (Å²) in [6, 6.07) is 13.8. The fourth-order valence-electron chi connectivity index (χ4n) is 2.23. The maximum absolute atomic E-state index is 9.17. The van der Waals surface area contributed by atoms with Gasteiger partial charge in [-0.25, -0.2) is 4.98 Å². The molecule has 3 rings (SSSR count). The summed E-state index contributed by atoms with van der Waals surface area (Å²) in [7, 11) is 1.63. The van der Waals surface area contributed by atoms with Crippen molar-refractivity contribution in [1.29, 1.82) is 10.5 Å². The number of anilines is 1. The minimum Gasteiger partial charge on any atom is -0.497 e. The molecular formula is C17H12N4OS. The standard InChI is InChI=1S/C17H12N4OS/c1-22-13-4-2-11(3-5-13)9-20-17-15-6-14(8-19)23-16(15)12(7-18)10-21-17/h2-6,10H,9H2,1H3,(H,20,21). The number of hydrogen-bond acceptors (Lipinski definition) is 6. The number of benzene rings is 1. The van der Waals surface area contributed by atoms with Crippen LogP contribution in [0.4, 0.5) is 5.82 Å². The largest absolute Gasteiger partial charge is 0.497 e. The van der Waals surface area contributed by atoms with E-state index in [1.807, 2.05) is 24.3 Å². The van der Waals surface area contributed by atoms with Gasteiger partial charge in [0.25, 0.3) is 0 Å². The molecule has 6 heteroatoms. The molecule has 0 atom stereocenters. The van der Waals surface area contributed by atoms with Gasteiger partial charge in [0.2, 0.25) is 0 Å². The molecule has 23 heavy (non-hydrogen) atoms. The summed E-state index contributed by atoms with van der Waals surface area (Å²) in [6.07, 6.45) is 1.54. The first kappa shape index (κ1) is 14.8. The molecule has 0 unspecified atom stereocenters. The lowest BCUT2D eigenvalue weighted by atomic mass is 10.2. The Kier molecular flexibility index (Phi) is 4.09. The van der Waals surface area contributed by atoms with Crippen LogP contribution in [0.5, 0.6) is 5.75 Å². The van der Waals surface area contributed by atoms with Crippen molar-refractivity contribution in [2.45, 2.75) is 6.54 Å². The monoisotopic (exact) mass is 320 g/mol. The van der Waals surface area contributed by atoms with Crippen molar-refractivity contribution in [3.8, 4) is 17.9 Å². The fourth-order valence-corrected chi connectivity index (χ4v) is 3.15. The van der Waals surface area contributed by atoms with Crippen LogP contribution in [0.1, 0.15) is 16.0 Å². The molecule has 0 aliphatic rings. The van der Waals surface area contributed by atoms with Crippen molar-refractivity contribution >= 4 is 27.2 Å². The van der Waals surface area contributed by atoms with Crippen molar-refractivity contribution < 1.29 is 4.74 Å². The summed E-state index contributed by atoms with van der Waals surface area (Å²) in [4.78, 5) is 4.88. The maximum atomic E-state index is 9.17. The molecule has 112 valence electrons. The van der Waals surface area contributed by atoms with Crippen molar-refractivity contribution in [3.63, 3.8) is 0 Å². The Morgan fingerprint density at radius 2 is 2.00 bits per heavy atom. The SMILES string of the molecule is COc1ccc(CNc2ncc(C#N)c3sc(C#N)cc23)cc1. The molecule has 0 spiro atoms. The molecule has 0 amide bonds. The molecule has 1 aromatic carbocycles. The zero-order valence-electron chi connectivity index (χ0n) is 12.3. The van der Waals surface area contributed by atoms with Crippen LogP contribution in [0.2, 0.25) is 0 Å². The Morgan fingerprint density at radius 1 is 1.22 bits per heavy atom. The minimum atomic E-state index is 0.487. The summed E-state index contributed by atoms with van der Waals surface area (Å²) in [5, 5.41) is 22.3. The summed E-state index contributed by atoms with van der Waals surface area (Å²) in [5.74, 6) is 1.48. The lowest BCUT2D eigenvalue weighted by Gasteiger charge is -2.08. The normalized spacial score (nSPS) is 10.0. The molecule has 0 saturated carbocycles. The van der Waals surface area contributed by atoms with Crippen molar-refractivity contribution in [1.82, 2.24) is 4.98 Å². The Bertz CT molecular complexity index is 932. The van der Waals surface area contributed by atoms with E-state index in [4.69, 9.17) is 15.3 Å². The first-order chi connectivity index (χ1) is 11.2. The Balaban J connectivity index is 1.89. The van der Waals surface area contributed by atoms with Gasteiger partial charge >= 0.3 is 0 Å². The number of fused-ring (bicyclic) bond motifs is 1. The maximum Gasteiger partial charge on any atom is 0.135 e. The van der Waals surface area contributed by atoms with Crippen LogP contribution in [0.15, 0.2) is 36.5 Å². The molecule has 0 aliphatic heterocycles. The molecule has 0 radical (unpaired) electrons. The zero-order chi connectivity index (χ0) is 16.2. The Labute approximate surface area is 137 Å². The van der Waals surface area contributed by atoms with Gasteiger partial charge in [-0.3, -0.25) is 0 Å². The molecule has 1 N–H and O–H groups in total. The van der Waals surface area contributed by atoms with E-state index in [1.54, 1.807) is 13.2 Å². The molecule has 5 nitrogen and oxygen atoms in total. The summed E-state index contributed by atoms with van der Waals surface area (Å²) in [5.41, 5.74) is 1.57.